The number of ether oxygens (including phenoxy) is 1. The molecular weight excluding hydrogens is 264 g/mol. The van der Waals surface area contributed by atoms with E-state index in [9.17, 15) is 10.2 Å². The van der Waals surface area contributed by atoms with E-state index in [1.807, 2.05) is 26.0 Å². The highest BCUT2D eigenvalue weighted by Crippen LogP contribution is 2.35. The lowest BCUT2D eigenvalue weighted by atomic mass is 9.78. The molecule has 21 heavy (non-hydrogen) atoms. The van der Waals surface area contributed by atoms with Crippen LogP contribution in [0, 0.1) is 20.3 Å². The maximum atomic E-state index is 10.8. The van der Waals surface area contributed by atoms with Crippen molar-refractivity contribution in [2.45, 2.75) is 63.8 Å². The topological polar surface area (TPSA) is 49.7 Å². The van der Waals surface area contributed by atoms with Crippen molar-refractivity contribution < 1.29 is 14.9 Å². The summed E-state index contributed by atoms with van der Waals surface area (Å²) in [5.41, 5.74) is 2.44. The van der Waals surface area contributed by atoms with Gasteiger partial charge in [-0.15, -0.1) is 0 Å². The van der Waals surface area contributed by atoms with Gasteiger partial charge in [-0.3, -0.25) is 0 Å². The van der Waals surface area contributed by atoms with Crippen LogP contribution in [0.1, 0.15) is 54.9 Å². The highest BCUT2D eigenvalue weighted by Gasteiger charge is 2.39. The molecule has 0 bridgehead atoms. The molecule has 1 saturated carbocycles. The Morgan fingerprint density at radius 1 is 1.29 bits per heavy atom. The summed E-state index contributed by atoms with van der Waals surface area (Å²) in [5.74, 6) is 0. The van der Waals surface area contributed by atoms with E-state index < -0.39 is 11.7 Å². The van der Waals surface area contributed by atoms with E-state index in [0.29, 0.717) is 19.3 Å². The minimum absolute atomic E-state index is 0.155. The maximum absolute atomic E-state index is 10.8. The fourth-order valence-electron chi connectivity index (χ4n) is 3.36. The fraction of sp³-hybridized carbons (Fsp3) is 0.611. The maximum Gasteiger partial charge on any atom is 0.0909 e. The number of aliphatic hydroxyl groups is 2. The monoisotopic (exact) mass is 291 g/mol. The average molecular weight is 291 g/mol. The summed E-state index contributed by atoms with van der Waals surface area (Å²) < 4.78 is 5.42. The summed E-state index contributed by atoms with van der Waals surface area (Å²) in [4.78, 5) is 0. The molecule has 1 aliphatic rings. The molecule has 1 radical (unpaired) electrons. The molecule has 0 amide bonds. The van der Waals surface area contributed by atoms with Gasteiger partial charge >= 0.3 is 0 Å². The lowest BCUT2D eigenvalue weighted by Crippen LogP contribution is -2.46. The van der Waals surface area contributed by atoms with E-state index >= 15 is 0 Å². The van der Waals surface area contributed by atoms with Crippen LogP contribution in [0.5, 0.6) is 0 Å². The Morgan fingerprint density at radius 2 is 1.95 bits per heavy atom. The summed E-state index contributed by atoms with van der Waals surface area (Å²) in [6.45, 7) is 4.07. The Morgan fingerprint density at radius 3 is 2.57 bits per heavy atom. The zero-order valence-corrected chi connectivity index (χ0v) is 13.3. The lowest BCUT2D eigenvalue weighted by molar-refractivity contribution is -0.117. The summed E-state index contributed by atoms with van der Waals surface area (Å²) >= 11 is 0. The molecule has 3 atom stereocenters. The molecule has 0 heterocycles. The third kappa shape index (κ3) is 4.06. The fourth-order valence-corrected chi connectivity index (χ4v) is 3.36. The molecule has 0 aliphatic heterocycles. The predicted octanol–water partition coefficient (Wildman–Crippen LogP) is 3.25. The van der Waals surface area contributed by atoms with Crippen molar-refractivity contribution >= 4 is 0 Å². The quantitative estimate of drug-likeness (QED) is 0.875. The minimum atomic E-state index is -0.816. The van der Waals surface area contributed by atoms with Crippen LogP contribution < -0.4 is 0 Å². The number of hydrogen-bond acceptors (Lipinski definition) is 3. The Hall–Kier alpha value is -0.900. The van der Waals surface area contributed by atoms with Gasteiger partial charge in [0.05, 0.1) is 17.8 Å². The smallest absolute Gasteiger partial charge is 0.0909 e. The van der Waals surface area contributed by atoms with Crippen LogP contribution in [0.3, 0.4) is 0 Å². The number of methoxy groups -OCH3 is 1. The SMILES string of the molecule is COC1C[CH]CCC1(O)CCC(O)c1cc(C)cc(C)c1. The van der Waals surface area contributed by atoms with Crippen LogP contribution in [-0.4, -0.2) is 29.0 Å². The summed E-state index contributed by atoms with van der Waals surface area (Å²) in [7, 11) is 1.65. The van der Waals surface area contributed by atoms with Gasteiger partial charge in [-0.25, -0.2) is 0 Å². The third-order valence-electron chi connectivity index (χ3n) is 4.53. The van der Waals surface area contributed by atoms with Gasteiger partial charge in [0.2, 0.25) is 0 Å². The van der Waals surface area contributed by atoms with E-state index in [0.717, 1.165) is 29.5 Å². The first-order valence-corrected chi connectivity index (χ1v) is 7.78. The van der Waals surface area contributed by atoms with E-state index in [4.69, 9.17) is 4.74 Å². The second kappa shape index (κ2) is 6.91. The Kier molecular flexibility index (Phi) is 5.42. The molecule has 1 fully saturated rings. The standard InChI is InChI=1S/C18H27O3/c1-13-10-14(2)12-15(11-13)16(19)7-9-18(20)8-5-4-6-17(18)21-3/h4,10-12,16-17,19-20H,5-9H2,1-3H3. The highest BCUT2D eigenvalue weighted by atomic mass is 16.5. The Balaban J connectivity index is 2.00. The molecule has 117 valence electrons. The van der Waals surface area contributed by atoms with Gasteiger partial charge in [-0.05, 0) is 57.9 Å². The summed E-state index contributed by atoms with van der Waals surface area (Å²) in [6, 6.07) is 6.13. The second-order valence-electron chi connectivity index (χ2n) is 6.37. The minimum Gasteiger partial charge on any atom is -0.388 e. The van der Waals surface area contributed by atoms with E-state index in [2.05, 4.69) is 12.5 Å². The first kappa shape index (κ1) is 16.5. The lowest BCUT2D eigenvalue weighted by Gasteiger charge is -2.39. The average Bonchev–Trinajstić information content (AvgIpc) is 2.44. The number of rotatable bonds is 5. The van der Waals surface area contributed by atoms with Crippen LogP contribution in [-0.2, 0) is 4.74 Å². The molecule has 1 aliphatic carbocycles. The zero-order valence-electron chi connectivity index (χ0n) is 13.3. The molecule has 1 aromatic rings. The largest absolute Gasteiger partial charge is 0.388 e. The molecule has 0 aromatic heterocycles. The van der Waals surface area contributed by atoms with Crippen molar-refractivity contribution in [3.63, 3.8) is 0 Å². The Bertz CT molecular complexity index is 451. The normalized spacial score (nSPS) is 27.6. The van der Waals surface area contributed by atoms with Gasteiger partial charge in [0.1, 0.15) is 0 Å². The van der Waals surface area contributed by atoms with Crippen LogP contribution in [0.25, 0.3) is 0 Å². The van der Waals surface area contributed by atoms with Gasteiger partial charge < -0.3 is 14.9 Å². The van der Waals surface area contributed by atoms with Crippen molar-refractivity contribution in [1.29, 1.82) is 0 Å². The van der Waals surface area contributed by atoms with Crippen molar-refractivity contribution in [1.82, 2.24) is 0 Å². The van der Waals surface area contributed by atoms with Gasteiger partial charge in [0.15, 0.2) is 0 Å². The molecule has 0 saturated heterocycles. The summed E-state index contributed by atoms with van der Waals surface area (Å²) in [5, 5.41) is 21.2. The molecule has 3 unspecified atom stereocenters. The van der Waals surface area contributed by atoms with E-state index in [1.54, 1.807) is 7.11 Å². The van der Waals surface area contributed by atoms with Gasteiger partial charge in [0.25, 0.3) is 0 Å². The van der Waals surface area contributed by atoms with Crippen molar-refractivity contribution in [3.05, 3.63) is 41.3 Å². The predicted molar refractivity (Wildman–Crippen MR) is 84.0 cm³/mol. The number of aryl methyl sites for hydroxylation is 2. The number of benzene rings is 1. The molecular formula is C18H27O3. The third-order valence-corrected chi connectivity index (χ3v) is 4.53. The first-order valence-electron chi connectivity index (χ1n) is 7.78. The van der Waals surface area contributed by atoms with E-state index in [1.165, 1.54) is 0 Å². The van der Waals surface area contributed by atoms with Crippen LogP contribution in [0.4, 0.5) is 0 Å². The van der Waals surface area contributed by atoms with Crippen LogP contribution >= 0.6 is 0 Å². The molecule has 3 heteroatoms. The molecule has 1 aromatic carbocycles. The molecule has 2 rings (SSSR count). The van der Waals surface area contributed by atoms with Gasteiger partial charge in [-0.1, -0.05) is 29.3 Å². The van der Waals surface area contributed by atoms with Crippen molar-refractivity contribution in [2.24, 2.45) is 0 Å². The van der Waals surface area contributed by atoms with Crippen LogP contribution in [0.2, 0.25) is 0 Å². The van der Waals surface area contributed by atoms with Crippen molar-refractivity contribution in [3.8, 4) is 0 Å². The number of aliphatic hydroxyl groups excluding tert-OH is 1. The van der Waals surface area contributed by atoms with Gasteiger partial charge in [-0.2, -0.15) is 0 Å². The first-order chi connectivity index (χ1) is 9.94. The van der Waals surface area contributed by atoms with Crippen molar-refractivity contribution in [2.75, 3.05) is 7.11 Å². The molecule has 2 N–H and O–H groups in total. The van der Waals surface area contributed by atoms with E-state index in [-0.39, 0.29) is 6.10 Å². The second-order valence-corrected chi connectivity index (χ2v) is 6.37. The Labute approximate surface area is 128 Å². The summed E-state index contributed by atoms with van der Waals surface area (Å²) in [6.07, 6.45) is 5.01. The van der Waals surface area contributed by atoms with Crippen LogP contribution in [0.15, 0.2) is 18.2 Å². The molecule has 3 nitrogen and oxygen atoms in total. The number of hydrogen-bond donors (Lipinski definition) is 2. The highest BCUT2D eigenvalue weighted by molar-refractivity contribution is 5.29. The zero-order chi connectivity index (χ0) is 15.5. The van der Waals surface area contributed by atoms with Gasteiger partial charge in [0, 0.05) is 7.11 Å². The molecule has 0 spiro atoms.